The second kappa shape index (κ2) is 5.49. The number of nitrogens with one attached hydrogen (secondary N) is 2. The maximum Gasteiger partial charge on any atom is 0.268 e. The lowest BCUT2D eigenvalue weighted by molar-refractivity contribution is 0.0896. The number of hydrogen-bond acceptors (Lipinski definition) is 2. The summed E-state index contributed by atoms with van der Waals surface area (Å²) >= 11 is 0. The first kappa shape index (κ1) is 14.3. The molecule has 0 atom stereocenters. The smallest absolute Gasteiger partial charge is 0.268 e. The minimum Gasteiger partial charge on any atom is -0.346 e. The molecule has 0 aliphatic rings. The Morgan fingerprint density at radius 1 is 1.25 bits per heavy atom. The van der Waals surface area contributed by atoms with Gasteiger partial charge in [0.15, 0.2) is 0 Å². The van der Waals surface area contributed by atoms with Crippen molar-refractivity contribution in [2.24, 2.45) is 0 Å². The van der Waals surface area contributed by atoms with E-state index in [4.69, 9.17) is 0 Å². The summed E-state index contributed by atoms with van der Waals surface area (Å²) in [4.78, 5) is 26.9. The average Bonchev–Trinajstić information content (AvgIpc) is 2.47. The molecule has 1 amide bonds. The Kier molecular flexibility index (Phi) is 3.93. The van der Waals surface area contributed by atoms with Crippen LogP contribution in [0.15, 0.2) is 35.1 Å². The monoisotopic (exact) mass is 272 g/mol. The van der Waals surface area contributed by atoms with Crippen molar-refractivity contribution in [1.82, 2.24) is 10.3 Å². The summed E-state index contributed by atoms with van der Waals surface area (Å²) in [5.41, 5.74) is -0.177. The van der Waals surface area contributed by atoms with Crippen LogP contribution in [0, 0.1) is 0 Å². The van der Waals surface area contributed by atoms with Crippen molar-refractivity contribution in [3.8, 4) is 0 Å². The summed E-state index contributed by atoms with van der Waals surface area (Å²) in [7, 11) is 0. The molecule has 0 radical (unpaired) electrons. The summed E-state index contributed by atoms with van der Waals surface area (Å²) in [6, 6.07) is 8.96. The van der Waals surface area contributed by atoms with Gasteiger partial charge in [-0.1, -0.05) is 32.0 Å². The quantitative estimate of drug-likeness (QED) is 0.899. The maximum absolute atomic E-state index is 12.3. The number of aromatic nitrogens is 1. The third kappa shape index (κ3) is 2.74. The molecular weight excluding hydrogens is 252 g/mol. The van der Waals surface area contributed by atoms with E-state index in [2.05, 4.69) is 10.3 Å². The number of hydrogen-bond donors (Lipinski definition) is 2. The number of carbonyl (C=O) groups excluding carboxylic acids is 1. The second-order valence-electron chi connectivity index (χ2n) is 5.32. The third-order valence-electron chi connectivity index (χ3n) is 3.97. The minimum atomic E-state index is -0.250. The molecular formula is C16H20N2O2. The van der Waals surface area contributed by atoms with E-state index in [1.54, 1.807) is 12.1 Å². The molecule has 0 spiro atoms. The lowest BCUT2D eigenvalue weighted by Crippen LogP contribution is -2.45. The highest BCUT2D eigenvalue weighted by Crippen LogP contribution is 2.15. The summed E-state index contributed by atoms with van der Waals surface area (Å²) in [5.74, 6) is -0.237. The van der Waals surface area contributed by atoms with Crippen LogP contribution < -0.4 is 10.9 Å². The molecule has 0 saturated heterocycles. The van der Waals surface area contributed by atoms with E-state index < -0.39 is 0 Å². The van der Waals surface area contributed by atoms with E-state index in [0.29, 0.717) is 11.1 Å². The topological polar surface area (TPSA) is 62.0 Å². The molecule has 0 fully saturated rings. The van der Waals surface area contributed by atoms with Crippen molar-refractivity contribution >= 4 is 16.7 Å². The molecule has 4 heteroatoms. The fraction of sp³-hybridized carbons (Fsp3) is 0.375. The summed E-state index contributed by atoms with van der Waals surface area (Å²) in [6.07, 6.45) is 1.68. The van der Waals surface area contributed by atoms with Crippen LogP contribution in [0.5, 0.6) is 0 Å². The van der Waals surface area contributed by atoms with Crippen LogP contribution in [-0.4, -0.2) is 16.4 Å². The molecule has 1 heterocycles. The highest BCUT2D eigenvalue weighted by molar-refractivity contribution is 5.96. The molecule has 4 nitrogen and oxygen atoms in total. The van der Waals surface area contributed by atoms with Crippen molar-refractivity contribution < 1.29 is 4.79 Å². The largest absolute Gasteiger partial charge is 0.346 e. The molecule has 2 aromatic rings. The fourth-order valence-electron chi connectivity index (χ4n) is 2.10. The van der Waals surface area contributed by atoms with Gasteiger partial charge in [-0.25, -0.2) is 0 Å². The van der Waals surface area contributed by atoms with Crippen LogP contribution in [0.3, 0.4) is 0 Å². The Morgan fingerprint density at radius 3 is 2.55 bits per heavy atom. The van der Waals surface area contributed by atoms with Gasteiger partial charge >= 0.3 is 0 Å². The van der Waals surface area contributed by atoms with Gasteiger partial charge in [0.1, 0.15) is 5.69 Å². The predicted molar refractivity (Wildman–Crippen MR) is 81.0 cm³/mol. The van der Waals surface area contributed by atoms with Crippen LogP contribution >= 0.6 is 0 Å². The van der Waals surface area contributed by atoms with Crippen molar-refractivity contribution in [3.05, 3.63) is 46.4 Å². The zero-order valence-electron chi connectivity index (χ0n) is 12.1. The Hall–Kier alpha value is -2.10. The van der Waals surface area contributed by atoms with Gasteiger partial charge in [-0.2, -0.15) is 0 Å². The third-order valence-corrected chi connectivity index (χ3v) is 3.97. The number of rotatable bonds is 4. The number of carbonyl (C=O) groups is 1. The summed E-state index contributed by atoms with van der Waals surface area (Å²) < 4.78 is 0. The SMILES string of the molecule is CCC(C)(CC)NC(=O)c1cc2ccccc2c(=O)[nH]1. The Morgan fingerprint density at radius 2 is 1.90 bits per heavy atom. The number of pyridine rings is 1. The Bertz CT molecular complexity index is 684. The molecule has 0 bridgehead atoms. The molecule has 0 aliphatic carbocycles. The zero-order valence-corrected chi connectivity index (χ0v) is 12.1. The maximum atomic E-state index is 12.3. The number of aromatic amines is 1. The molecule has 2 N–H and O–H groups in total. The van der Waals surface area contributed by atoms with Gasteiger partial charge in [-0.05, 0) is 37.3 Å². The molecule has 0 aliphatic heterocycles. The summed E-state index contributed by atoms with van der Waals surface area (Å²) in [5, 5.41) is 4.36. The van der Waals surface area contributed by atoms with Gasteiger partial charge in [-0.15, -0.1) is 0 Å². The molecule has 0 saturated carbocycles. The van der Waals surface area contributed by atoms with E-state index in [1.807, 2.05) is 39.0 Å². The highest BCUT2D eigenvalue weighted by Gasteiger charge is 2.23. The van der Waals surface area contributed by atoms with Gasteiger partial charge in [0.25, 0.3) is 11.5 Å². The lowest BCUT2D eigenvalue weighted by Gasteiger charge is -2.28. The van der Waals surface area contributed by atoms with Crippen LogP contribution in [0.1, 0.15) is 44.1 Å². The average molecular weight is 272 g/mol. The van der Waals surface area contributed by atoms with Crippen LogP contribution in [0.2, 0.25) is 0 Å². The van der Waals surface area contributed by atoms with E-state index in [9.17, 15) is 9.59 Å². The van der Waals surface area contributed by atoms with E-state index in [0.717, 1.165) is 18.2 Å². The van der Waals surface area contributed by atoms with Crippen molar-refractivity contribution in [3.63, 3.8) is 0 Å². The second-order valence-corrected chi connectivity index (χ2v) is 5.32. The first-order chi connectivity index (χ1) is 9.49. The van der Waals surface area contributed by atoms with E-state index in [-0.39, 0.29) is 17.0 Å². The molecule has 0 unspecified atom stereocenters. The first-order valence-corrected chi connectivity index (χ1v) is 6.93. The van der Waals surface area contributed by atoms with Crippen molar-refractivity contribution in [1.29, 1.82) is 0 Å². The normalized spacial score (nSPS) is 11.6. The zero-order chi connectivity index (χ0) is 14.8. The predicted octanol–water partition coefficient (Wildman–Crippen LogP) is 2.84. The van der Waals surface area contributed by atoms with Crippen LogP contribution in [0.25, 0.3) is 10.8 Å². The van der Waals surface area contributed by atoms with Crippen molar-refractivity contribution in [2.45, 2.75) is 39.2 Å². The van der Waals surface area contributed by atoms with Gasteiger partial charge in [0.05, 0.1) is 0 Å². The number of amides is 1. The number of fused-ring (bicyclic) bond motifs is 1. The number of benzene rings is 1. The standard InChI is InChI=1S/C16H20N2O2/c1-4-16(3,5-2)18-15(20)13-10-11-8-6-7-9-12(11)14(19)17-13/h6-10H,4-5H2,1-3H3,(H,17,19)(H,18,20). The first-order valence-electron chi connectivity index (χ1n) is 6.93. The molecule has 1 aromatic carbocycles. The Labute approximate surface area is 118 Å². The molecule has 2 rings (SSSR count). The molecule has 20 heavy (non-hydrogen) atoms. The minimum absolute atomic E-state index is 0.233. The molecule has 106 valence electrons. The summed E-state index contributed by atoms with van der Waals surface area (Å²) in [6.45, 7) is 6.07. The number of H-pyrrole nitrogens is 1. The van der Waals surface area contributed by atoms with Gasteiger partial charge < -0.3 is 10.3 Å². The van der Waals surface area contributed by atoms with Gasteiger partial charge in [-0.3, -0.25) is 9.59 Å². The van der Waals surface area contributed by atoms with Gasteiger partial charge in [0.2, 0.25) is 0 Å². The van der Waals surface area contributed by atoms with E-state index >= 15 is 0 Å². The van der Waals surface area contributed by atoms with Crippen molar-refractivity contribution in [2.75, 3.05) is 0 Å². The van der Waals surface area contributed by atoms with Gasteiger partial charge in [0, 0.05) is 10.9 Å². The molecule has 1 aromatic heterocycles. The van der Waals surface area contributed by atoms with Crippen LogP contribution in [0.4, 0.5) is 0 Å². The lowest BCUT2D eigenvalue weighted by atomic mass is 9.95. The van der Waals surface area contributed by atoms with Crippen LogP contribution in [-0.2, 0) is 0 Å². The fourth-order valence-corrected chi connectivity index (χ4v) is 2.10. The Balaban J connectivity index is 2.38. The highest BCUT2D eigenvalue weighted by atomic mass is 16.2. The van der Waals surface area contributed by atoms with E-state index in [1.165, 1.54) is 0 Å².